The number of rotatable bonds is 8. The van der Waals surface area contributed by atoms with Gasteiger partial charge in [-0.1, -0.05) is 24.3 Å². The molecule has 0 bridgehead atoms. The number of esters is 1. The van der Waals surface area contributed by atoms with Gasteiger partial charge in [-0.3, -0.25) is 29.8 Å². The number of benzene rings is 4. The third kappa shape index (κ3) is 4.96. The lowest BCUT2D eigenvalue weighted by atomic mass is 10.1. The van der Waals surface area contributed by atoms with Crippen LogP contribution >= 0.6 is 0 Å². The van der Waals surface area contributed by atoms with Crippen LogP contribution in [0.1, 0.15) is 36.6 Å². The highest BCUT2D eigenvalue weighted by molar-refractivity contribution is 6.35. The van der Waals surface area contributed by atoms with Gasteiger partial charge < -0.3 is 9.47 Å². The molecule has 0 unspecified atom stereocenters. The highest BCUT2D eigenvalue weighted by Crippen LogP contribution is 2.34. The van der Waals surface area contributed by atoms with Gasteiger partial charge in [0.25, 0.3) is 23.2 Å². The second-order valence-electron chi connectivity index (χ2n) is 8.53. The first kappa shape index (κ1) is 25.7. The molecule has 4 aromatic rings. The van der Waals surface area contributed by atoms with Gasteiger partial charge in [-0.05, 0) is 54.1 Å². The Kier molecular flexibility index (Phi) is 6.72. The van der Waals surface area contributed by atoms with E-state index >= 15 is 0 Å². The van der Waals surface area contributed by atoms with E-state index in [2.05, 4.69) is 0 Å². The summed E-state index contributed by atoms with van der Waals surface area (Å²) < 4.78 is 11.0. The van der Waals surface area contributed by atoms with Crippen molar-refractivity contribution in [3.8, 4) is 11.5 Å². The SMILES string of the molecule is O=C(OCc1ccc(Oc2ccc([N+](=O)[O-])cc2)cc1)c1cccc(N2C(=O)c3cccc([N+](=O)[O-])c3C2=O)c1. The fourth-order valence-corrected chi connectivity index (χ4v) is 4.08. The monoisotopic (exact) mass is 539 g/mol. The van der Waals surface area contributed by atoms with Crippen molar-refractivity contribution in [2.24, 2.45) is 0 Å². The van der Waals surface area contributed by atoms with Gasteiger partial charge in [0.05, 0.1) is 26.7 Å². The van der Waals surface area contributed by atoms with E-state index in [1.54, 1.807) is 24.3 Å². The van der Waals surface area contributed by atoms with Crippen LogP contribution in [-0.4, -0.2) is 27.6 Å². The molecule has 40 heavy (non-hydrogen) atoms. The summed E-state index contributed by atoms with van der Waals surface area (Å²) in [7, 11) is 0. The van der Waals surface area contributed by atoms with Crippen LogP contribution in [0.25, 0.3) is 0 Å². The largest absolute Gasteiger partial charge is 0.457 e. The molecule has 0 saturated carbocycles. The number of non-ortho nitro benzene ring substituents is 1. The predicted molar refractivity (Wildman–Crippen MR) is 139 cm³/mol. The number of anilines is 1. The molecule has 4 aromatic carbocycles. The summed E-state index contributed by atoms with van der Waals surface area (Å²) in [4.78, 5) is 60.2. The zero-order valence-electron chi connectivity index (χ0n) is 20.4. The van der Waals surface area contributed by atoms with E-state index in [4.69, 9.17) is 9.47 Å². The van der Waals surface area contributed by atoms with Gasteiger partial charge in [0, 0.05) is 18.2 Å². The van der Waals surface area contributed by atoms with E-state index in [9.17, 15) is 34.6 Å². The van der Waals surface area contributed by atoms with E-state index in [0.29, 0.717) is 17.1 Å². The quantitative estimate of drug-likeness (QED) is 0.123. The molecule has 0 radical (unpaired) electrons. The first-order chi connectivity index (χ1) is 19.2. The Hall–Kier alpha value is -5.91. The van der Waals surface area contributed by atoms with Gasteiger partial charge in [0.2, 0.25) is 0 Å². The number of carbonyl (C=O) groups is 3. The lowest BCUT2D eigenvalue weighted by molar-refractivity contribution is -0.385. The van der Waals surface area contributed by atoms with Gasteiger partial charge in [-0.15, -0.1) is 0 Å². The van der Waals surface area contributed by atoms with Crippen molar-refractivity contribution < 1.29 is 33.7 Å². The Morgan fingerprint density at radius 1 is 0.775 bits per heavy atom. The van der Waals surface area contributed by atoms with Crippen LogP contribution in [0.2, 0.25) is 0 Å². The van der Waals surface area contributed by atoms with Crippen molar-refractivity contribution >= 4 is 34.8 Å². The van der Waals surface area contributed by atoms with Gasteiger partial charge in [-0.25, -0.2) is 9.69 Å². The molecule has 1 aliphatic rings. The molecule has 0 spiro atoms. The molecule has 0 atom stereocenters. The van der Waals surface area contributed by atoms with Crippen molar-refractivity contribution in [1.82, 2.24) is 0 Å². The Morgan fingerprint density at radius 2 is 1.43 bits per heavy atom. The lowest BCUT2D eigenvalue weighted by Gasteiger charge is -2.15. The highest BCUT2D eigenvalue weighted by atomic mass is 16.6. The van der Waals surface area contributed by atoms with Crippen molar-refractivity contribution in [2.45, 2.75) is 6.61 Å². The number of hydrogen-bond acceptors (Lipinski definition) is 9. The summed E-state index contributed by atoms with van der Waals surface area (Å²) in [5.41, 5.74) is -0.127. The lowest BCUT2D eigenvalue weighted by Crippen LogP contribution is -2.29. The molecule has 5 rings (SSSR count). The molecule has 198 valence electrons. The summed E-state index contributed by atoms with van der Waals surface area (Å²) in [5, 5.41) is 22.1. The zero-order chi connectivity index (χ0) is 28.4. The van der Waals surface area contributed by atoms with Gasteiger partial charge in [-0.2, -0.15) is 0 Å². The summed E-state index contributed by atoms with van der Waals surface area (Å²) in [6, 6.07) is 21.7. The second kappa shape index (κ2) is 10.5. The smallest absolute Gasteiger partial charge is 0.338 e. The maximum absolute atomic E-state index is 13.0. The summed E-state index contributed by atoms with van der Waals surface area (Å²) in [6.07, 6.45) is 0. The van der Waals surface area contributed by atoms with Gasteiger partial charge >= 0.3 is 5.97 Å². The Morgan fingerprint density at radius 3 is 2.08 bits per heavy atom. The molecular formula is C28H17N3O9. The predicted octanol–water partition coefficient (Wildman–Crippen LogP) is 5.45. The van der Waals surface area contributed by atoms with Crippen LogP contribution in [0.3, 0.4) is 0 Å². The molecule has 0 aromatic heterocycles. The Balaban J connectivity index is 1.24. The Labute approximate surface area is 225 Å². The third-order valence-electron chi connectivity index (χ3n) is 6.01. The number of imide groups is 1. The number of fused-ring (bicyclic) bond motifs is 1. The maximum Gasteiger partial charge on any atom is 0.338 e. The third-order valence-corrected chi connectivity index (χ3v) is 6.01. The molecule has 0 saturated heterocycles. The van der Waals surface area contributed by atoms with Crippen molar-refractivity contribution in [3.63, 3.8) is 0 Å². The normalized spacial score (nSPS) is 12.2. The number of nitro benzene ring substituents is 2. The fraction of sp³-hybridized carbons (Fsp3) is 0.0357. The number of nitrogens with zero attached hydrogens (tertiary/aromatic N) is 3. The standard InChI is InChI=1S/C28H17N3O9/c32-26-23-5-2-6-24(31(37)38)25(23)27(33)29(26)20-4-1-3-18(15-20)28(34)39-16-17-7-11-21(12-8-17)40-22-13-9-19(10-14-22)30(35)36/h1-15H,16H2. The molecular weight excluding hydrogens is 522 g/mol. The van der Waals surface area contributed by atoms with E-state index < -0.39 is 33.3 Å². The first-order valence-corrected chi connectivity index (χ1v) is 11.7. The number of ether oxygens (including phenoxy) is 2. The van der Waals surface area contributed by atoms with Crippen molar-refractivity contribution in [3.05, 3.63) is 133 Å². The van der Waals surface area contributed by atoms with E-state index in [1.807, 2.05) is 0 Å². The van der Waals surface area contributed by atoms with Crippen LogP contribution in [0.5, 0.6) is 11.5 Å². The number of hydrogen-bond donors (Lipinski definition) is 0. The fourth-order valence-electron chi connectivity index (χ4n) is 4.08. The van der Waals surface area contributed by atoms with Crippen LogP contribution in [0, 0.1) is 20.2 Å². The highest BCUT2D eigenvalue weighted by Gasteiger charge is 2.41. The molecule has 12 nitrogen and oxygen atoms in total. The molecule has 0 aliphatic carbocycles. The number of carbonyl (C=O) groups excluding carboxylic acids is 3. The second-order valence-corrected chi connectivity index (χ2v) is 8.53. The van der Waals surface area contributed by atoms with Crippen LogP contribution in [0.4, 0.5) is 17.1 Å². The summed E-state index contributed by atoms with van der Waals surface area (Å²) in [6.45, 7) is -0.0832. The number of amides is 2. The van der Waals surface area contributed by atoms with Crippen molar-refractivity contribution in [2.75, 3.05) is 4.90 Å². The van der Waals surface area contributed by atoms with Crippen LogP contribution in [0.15, 0.2) is 91.0 Å². The minimum Gasteiger partial charge on any atom is -0.457 e. The topological polar surface area (TPSA) is 159 Å². The summed E-state index contributed by atoms with van der Waals surface area (Å²) in [5.74, 6) is -1.41. The molecule has 0 fully saturated rings. The average Bonchev–Trinajstić information content (AvgIpc) is 3.22. The van der Waals surface area contributed by atoms with E-state index in [1.165, 1.54) is 60.7 Å². The van der Waals surface area contributed by atoms with Gasteiger partial charge in [0.15, 0.2) is 0 Å². The van der Waals surface area contributed by atoms with Gasteiger partial charge in [0.1, 0.15) is 23.7 Å². The maximum atomic E-state index is 13.0. The first-order valence-electron chi connectivity index (χ1n) is 11.7. The van der Waals surface area contributed by atoms with Crippen LogP contribution < -0.4 is 9.64 Å². The molecule has 1 aliphatic heterocycles. The number of nitro groups is 2. The molecule has 0 N–H and O–H groups in total. The van der Waals surface area contributed by atoms with E-state index in [-0.39, 0.29) is 34.7 Å². The zero-order valence-corrected chi connectivity index (χ0v) is 20.4. The minimum absolute atomic E-state index is 0.0530. The van der Waals surface area contributed by atoms with E-state index in [0.717, 1.165) is 11.0 Å². The minimum atomic E-state index is -0.853. The Bertz CT molecular complexity index is 1680. The average molecular weight is 539 g/mol. The molecule has 2 amide bonds. The molecule has 1 heterocycles. The summed E-state index contributed by atoms with van der Waals surface area (Å²) >= 11 is 0. The molecule has 12 heteroatoms. The van der Waals surface area contributed by atoms with Crippen LogP contribution in [-0.2, 0) is 11.3 Å². The van der Waals surface area contributed by atoms with Crippen molar-refractivity contribution in [1.29, 1.82) is 0 Å².